The molecule has 2 aromatic carbocycles. The second kappa shape index (κ2) is 8.38. The lowest BCUT2D eigenvalue weighted by atomic mass is 9.75. The van der Waals surface area contributed by atoms with Crippen LogP contribution in [-0.2, 0) is 0 Å². The first-order valence-electron chi connectivity index (χ1n) is 11.2. The second-order valence-electron chi connectivity index (χ2n) is 9.62. The monoisotopic (exact) mass is 448 g/mol. The van der Waals surface area contributed by atoms with Gasteiger partial charge in [0.2, 0.25) is 12.6 Å². The summed E-state index contributed by atoms with van der Waals surface area (Å²) in [4.78, 5) is 14.8. The van der Waals surface area contributed by atoms with Gasteiger partial charge >= 0.3 is 6.03 Å². The van der Waals surface area contributed by atoms with Crippen LogP contribution in [0.4, 0.5) is 10.5 Å². The fourth-order valence-corrected chi connectivity index (χ4v) is 4.55. The molecule has 2 aliphatic heterocycles. The highest BCUT2D eigenvalue weighted by Gasteiger charge is 2.30. The molecule has 0 unspecified atom stereocenters. The molecule has 1 fully saturated rings. The third kappa shape index (κ3) is 4.35. The summed E-state index contributed by atoms with van der Waals surface area (Å²) < 4.78 is 11.0. The van der Waals surface area contributed by atoms with E-state index in [1.165, 1.54) is 0 Å². The number of amides is 2. The van der Waals surface area contributed by atoms with Crippen LogP contribution in [0.1, 0.15) is 33.6 Å². The Morgan fingerprint density at radius 2 is 1.85 bits per heavy atom. The normalized spacial score (nSPS) is 16.2. The number of aromatic nitrogens is 4. The molecule has 5 rings (SSSR count). The molecular weight excluding hydrogens is 420 g/mol. The van der Waals surface area contributed by atoms with Gasteiger partial charge in [-0.05, 0) is 64.8 Å². The first kappa shape index (κ1) is 21.2. The van der Waals surface area contributed by atoms with Crippen molar-refractivity contribution in [1.29, 1.82) is 0 Å². The minimum atomic E-state index is -0.0859. The van der Waals surface area contributed by atoms with Crippen molar-refractivity contribution >= 4 is 11.7 Å². The number of ether oxygens (including phenoxy) is 2. The zero-order valence-corrected chi connectivity index (χ0v) is 19.1. The molecule has 0 saturated carbocycles. The molecule has 33 heavy (non-hydrogen) atoms. The molecule has 2 amide bonds. The van der Waals surface area contributed by atoms with E-state index in [2.05, 4.69) is 46.7 Å². The maximum atomic E-state index is 12.9. The van der Waals surface area contributed by atoms with Gasteiger partial charge in [-0.25, -0.2) is 4.79 Å². The van der Waals surface area contributed by atoms with Crippen molar-refractivity contribution in [3.8, 4) is 34.0 Å². The molecule has 2 N–H and O–H groups in total. The fraction of sp³-hybridized carbons (Fsp3) is 0.417. The smallest absolute Gasteiger partial charge is 0.321 e. The van der Waals surface area contributed by atoms with E-state index in [0.717, 1.165) is 48.4 Å². The Morgan fingerprint density at radius 3 is 2.58 bits per heavy atom. The molecule has 0 aliphatic carbocycles. The van der Waals surface area contributed by atoms with Crippen LogP contribution >= 0.6 is 0 Å². The summed E-state index contributed by atoms with van der Waals surface area (Å²) in [5.74, 6) is 2.50. The van der Waals surface area contributed by atoms with Crippen LogP contribution in [-0.4, -0.2) is 51.4 Å². The molecule has 0 atom stereocenters. The van der Waals surface area contributed by atoms with E-state index in [1.807, 2.05) is 41.3 Å². The maximum Gasteiger partial charge on any atom is 0.321 e. The third-order valence-electron chi connectivity index (χ3n) is 6.55. The van der Waals surface area contributed by atoms with Gasteiger partial charge < -0.3 is 19.7 Å². The SMILES string of the molecule is CC(C)(C)C1CCN(C(=O)Nc2ccc(-c3ccc4c(c3)OCO4)c(-c3nn[nH]n3)c2)CC1. The van der Waals surface area contributed by atoms with Gasteiger partial charge in [0.1, 0.15) is 0 Å². The summed E-state index contributed by atoms with van der Waals surface area (Å²) in [6, 6.07) is 11.4. The summed E-state index contributed by atoms with van der Waals surface area (Å²) in [7, 11) is 0. The topological polar surface area (TPSA) is 105 Å². The quantitative estimate of drug-likeness (QED) is 0.609. The number of urea groups is 1. The number of likely N-dealkylation sites (tertiary alicyclic amines) is 1. The number of nitrogens with one attached hydrogen (secondary N) is 2. The van der Waals surface area contributed by atoms with E-state index in [1.54, 1.807) is 0 Å². The number of hydrogen-bond donors (Lipinski definition) is 2. The standard InChI is InChI=1S/C24H28N6O3/c1-24(2,3)16-8-10-30(11-9-16)23(31)25-17-5-6-18(19(13-17)22-26-28-29-27-22)15-4-7-20-21(12-15)33-14-32-20/h4-7,12-13,16H,8-11,14H2,1-3H3,(H,25,31)(H,26,27,28,29). The van der Waals surface area contributed by atoms with Crippen molar-refractivity contribution in [3.05, 3.63) is 36.4 Å². The number of carbonyl (C=O) groups excluding carboxylic acids is 1. The number of benzene rings is 2. The molecule has 2 aliphatic rings. The first-order chi connectivity index (χ1) is 15.9. The predicted octanol–water partition coefficient (Wildman–Crippen LogP) is 4.55. The number of fused-ring (bicyclic) bond motifs is 1. The van der Waals surface area contributed by atoms with E-state index in [9.17, 15) is 4.79 Å². The Morgan fingerprint density at radius 1 is 1.06 bits per heavy atom. The zero-order valence-electron chi connectivity index (χ0n) is 19.1. The third-order valence-corrected chi connectivity index (χ3v) is 6.55. The Balaban J connectivity index is 1.37. The Bertz CT molecular complexity index is 1150. The van der Waals surface area contributed by atoms with Crippen LogP contribution in [0, 0.1) is 11.3 Å². The number of tetrazole rings is 1. The molecule has 172 valence electrons. The number of rotatable bonds is 3. The zero-order chi connectivity index (χ0) is 23.0. The summed E-state index contributed by atoms with van der Waals surface area (Å²) >= 11 is 0. The summed E-state index contributed by atoms with van der Waals surface area (Å²) in [6.07, 6.45) is 2.04. The molecule has 3 heterocycles. The number of hydrogen-bond acceptors (Lipinski definition) is 6. The van der Waals surface area contributed by atoms with Gasteiger partial charge in [-0.2, -0.15) is 5.21 Å². The fourth-order valence-electron chi connectivity index (χ4n) is 4.55. The van der Waals surface area contributed by atoms with E-state index < -0.39 is 0 Å². The van der Waals surface area contributed by atoms with Gasteiger partial charge in [0.25, 0.3) is 0 Å². The Labute approximate surface area is 192 Å². The number of H-pyrrole nitrogens is 1. The van der Waals surface area contributed by atoms with Crippen molar-refractivity contribution in [2.75, 3.05) is 25.2 Å². The lowest BCUT2D eigenvalue weighted by Crippen LogP contribution is -2.43. The largest absolute Gasteiger partial charge is 0.454 e. The highest BCUT2D eigenvalue weighted by Crippen LogP contribution is 2.39. The molecular formula is C24H28N6O3. The molecule has 0 spiro atoms. The van der Waals surface area contributed by atoms with Crippen molar-refractivity contribution in [2.45, 2.75) is 33.6 Å². The lowest BCUT2D eigenvalue weighted by Gasteiger charge is -2.38. The maximum absolute atomic E-state index is 12.9. The van der Waals surface area contributed by atoms with E-state index in [4.69, 9.17) is 9.47 Å². The molecule has 0 bridgehead atoms. The first-order valence-corrected chi connectivity index (χ1v) is 11.2. The Kier molecular flexibility index (Phi) is 5.39. The Hall–Kier alpha value is -3.62. The van der Waals surface area contributed by atoms with E-state index >= 15 is 0 Å². The van der Waals surface area contributed by atoms with Crippen LogP contribution in [0.5, 0.6) is 11.5 Å². The highest BCUT2D eigenvalue weighted by atomic mass is 16.7. The van der Waals surface area contributed by atoms with Crippen LogP contribution in [0.25, 0.3) is 22.5 Å². The van der Waals surface area contributed by atoms with E-state index in [0.29, 0.717) is 23.2 Å². The lowest BCUT2D eigenvalue weighted by molar-refractivity contribution is 0.128. The highest BCUT2D eigenvalue weighted by molar-refractivity contribution is 5.92. The van der Waals surface area contributed by atoms with Crippen molar-refractivity contribution in [1.82, 2.24) is 25.5 Å². The van der Waals surface area contributed by atoms with Crippen molar-refractivity contribution in [2.24, 2.45) is 11.3 Å². The number of carbonyl (C=O) groups is 1. The summed E-state index contributed by atoms with van der Waals surface area (Å²) in [5.41, 5.74) is 3.54. The van der Waals surface area contributed by atoms with Crippen LogP contribution in [0.15, 0.2) is 36.4 Å². The van der Waals surface area contributed by atoms with Gasteiger partial charge in [-0.15, -0.1) is 10.2 Å². The van der Waals surface area contributed by atoms with Crippen LogP contribution in [0.2, 0.25) is 0 Å². The minimum absolute atomic E-state index is 0.0859. The van der Waals surface area contributed by atoms with Crippen molar-refractivity contribution < 1.29 is 14.3 Å². The van der Waals surface area contributed by atoms with Gasteiger partial charge in [0.05, 0.1) is 0 Å². The number of anilines is 1. The number of nitrogens with zero attached hydrogens (tertiary/aromatic N) is 4. The van der Waals surface area contributed by atoms with Crippen LogP contribution < -0.4 is 14.8 Å². The molecule has 9 heteroatoms. The summed E-state index contributed by atoms with van der Waals surface area (Å²) in [5, 5.41) is 17.6. The van der Waals surface area contributed by atoms with Crippen LogP contribution in [0.3, 0.4) is 0 Å². The van der Waals surface area contributed by atoms with Gasteiger partial charge in [-0.1, -0.05) is 32.9 Å². The van der Waals surface area contributed by atoms with Gasteiger partial charge in [-0.3, -0.25) is 0 Å². The average molecular weight is 449 g/mol. The summed E-state index contributed by atoms with van der Waals surface area (Å²) in [6.45, 7) is 8.56. The second-order valence-corrected chi connectivity index (χ2v) is 9.62. The van der Waals surface area contributed by atoms with E-state index in [-0.39, 0.29) is 18.2 Å². The molecule has 0 radical (unpaired) electrons. The molecule has 9 nitrogen and oxygen atoms in total. The molecule has 3 aromatic rings. The number of aromatic amines is 1. The van der Waals surface area contributed by atoms with Gasteiger partial charge in [0, 0.05) is 24.3 Å². The van der Waals surface area contributed by atoms with Gasteiger partial charge in [0.15, 0.2) is 11.5 Å². The number of piperidine rings is 1. The molecule has 1 saturated heterocycles. The molecule has 1 aromatic heterocycles. The average Bonchev–Trinajstić information content (AvgIpc) is 3.50. The predicted molar refractivity (Wildman–Crippen MR) is 124 cm³/mol. The minimum Gasteiger partial charge on any atom is -0.454 e. The van der Waals surface area contributed by atoms with Crippen molar-refractivity contribution in [3.63, 3.8) is 0 Å².